The molecule has 1 aromatic carbocycles. The van der Waals surface area contributed by atoms with E-state index >= 15 is 0 Å². The van der Waals surface area contributed by atoms with E-state index < -0.39 is 9.84 Å². The number of hydrogen-bond donors (Lipinski definition) is 1. The van der Waals surface area contributed by atoms with Crippen molar-refractivity contribution in [3.8, 4) is 0 Å². The highest BCUT2D eigenvalue weighted by Gasteiger charge is 2.26. The fourth-order valence-electron chi connectivity index (χ4n) is 1.65. The van der Waals surface area contributed by atoms with Gasteiger partial charge in [0.2, 0.25) is 0 Å². The van der Waals surface area contributed by atoms with Crippen molar-refractivity contribution in [3.63, 3.8) is 0 Å². The lowest BCUT2D eigenvalue weighted by molar-refractivity contribution is 0.571. The van der Waals surface area contributed by atoms with Crippen molar-refractivity contribution in [2.75, 3.05) is 5.73 Å². The molecular formula is C11H16BrNO2S. The molecule has 0 aliphatic heterocycles. The summed E-state index contributed by atoms with van der Waals surface area (Å²) < 4.78 is 25.1. The number of halogens is 1. The third kappa shape index (κ3) is 2.58. The van der Waals surface area contributed by atoms with Gasteiger partial charge in [-0.25, -0.2) is 8.42 Å². The lowest BCUT2D eigenvalue weighted by atomic mass is 10.3. The van der Waals surface area contributed by atoms with E-state index in [-0.39, 0.29) is 5.25 Å². The summed E-state index contributed by atoms with van der Waals surface area (Å²) in [5, 5.41) is -0.326. The fourth-order valence-corrected chi connectivity index (χ4v) is 4.55. The zero-order valence-corrected chi connectivity index (χ0v) is 11.8. The molecule has 0 aliphatic rings. The molecule has 0 spiro atoms. The van der Waals surface area contributed by atoms with Gasteiger partial charge in [0.05, 0.1) is 10.1 Å². The Kier molecular flexibility index (Phi) is 4.38. The van der Waals surface area contributed by atoms with Gasteiger partial charge >= 0.3 is 0 Å². The van der Waals surface area contributed by atoms with Gasteiger partial charge in [-0.1, -0.05) is 13.8 Å². The Labute approximate surface area is 105 Å². The van der Waals surface area contributed by atoms with Crippen LogP contribution in [-0.4, -0.2) is 13.7 Å². The first-order chi connectivity index (χ1) is 7.43. The molecule has 3 nitrogen and oxygen atoms in total. The smallest absolute Gasteiger partial charge is 0.182 e. The van der Waals surface area contributed by atoms with Crippen molar-refractivity contribution < 1.29 is 8.42 Å². The minimum absolute atomic E-state index is 0.326. The van der Waals surface area contributed by atoms with Crippen LogP contribution in [0.3, 0.4) is 0 Å². The molecule has 0 fully saturated rings. The molecule has 90 valence electrons. The summed E-state index contributed by atoms with van der Waals surface area (Å²) in [7, 11) is -3.25. The molecule has 0 bridgehead atoms. The first kappa shape index (κ1) is 13.5. The summed E-state index contributed by atoms with van der Waals surface area (Å²) in [5.74, 6) is 0. The topological polar surface area (TPSA) is 60.2 Å². The third-order valence-electron chi connectivity index (χ3n) is 2.61. The van der Waals surface area contributed by atoms with Crippen LogP contribution >= 0.6 is 15.9 Å². The monoisotopic (exact) mass is 305 g/mol. The Morgan fingerprint density at radius 3 is 2.31 bits per heavy atom. The zero-order valence-electron chi connectivity index (χ0n) is 9.40. The predicted molar refractivity (Wildman–Crippen MR) is 70.1 cm³/mol. The molecule has 0 saturated heterocycles. The van der Waals surface area contributed by atoms with E-state index in [1.807, 2.05) is 13.8 Å². The number of nitrogens with two attached hydrogens (primary N) is 1. The van der Waals surface area contributed by atoms with Crippen LogP contribution in [0.5, 0.6) is 0 Å². The van der Waals surface area contributed by atoms with Crippen molar-refractivity contribution in [2.24, 2.45) is 0 Å². The van der Waals surface area contributed by atoms with Crippen LogP contribution in [0.1, 0.15) is 26.7 Å². The van der Waals surface area contributed by atoms with Crippen molar-refractivity contribution in [2.45, 2.75) is 36.8 Å². The molecule has 1 rings (SSSR count). The largest absolute Gasteiger partial charge is 0.399 e. The maximum Gasteiger partial charge on any atom is 0.182 e. The molecular weight excluding hydrogens is 290 g/mol. The second-order valence-electron chi connectivity index (χ2n) is 3.67. The van der Waals surface area contributed by atoms with Gasteiger partial charge in [0.1, 0.15) is 0 Å². The van der Waals surface area contributed by atoms with E-state index in [1.54, 1.807) is 18.2 Å². The molecule has 0 saturated carbocycles. The minimum Gasteiger partial charge on any atom is -0.399 e. The van der Waals surface area contributed by atoms with Crippen LogP contribution in [0.2, 0.25) is 0 Å². The van der Waals surface area contributed by atoms with Gasteiger partial charge in [-0.15, -0.1) is 0 Å². The molecule has 1 aromatic rings. The van der Waals surface area contributed by atoms with E-state index in [4.69, 9.17) is 5.73 Å². The van der Waals surface area contributed by atoms with Crippen LogP contribution in [0.4, 0.5) is 5.69 Å². The molecule has 2 N–H and O–H groups in total. The van der Waals surface area contributed by atoms with Crippen LogP contribution in [0.25, 0.3) is 0 Å². The van der Waals surface area contributed by atoms with E-state index in [1.165, 1.54) is 0 Å². The van der Waals surface area contributed by atoms with Gasteiger partial charge in [-0.3, -0.25) is 0 Å². The predicted octanol–water partition coefficient (Wildman–Crippen LogP) is 2.99. The number of anilines is 1. The Morgan fingerprint density at radius 1 is 1.31 bits per heavy atom. The van der Waals surface area contributed by atoms with Crippen molar-refractivity contribution >= 4 is 31.5 Å². The van der Waals surface area contributed by atoms with Crippen molar-refractivity contribution in [1.82, 2.24) is 0 Å². The molecule has 0 aromatic heterocycles. The molecule has 0 atom stereocenters. The molecule has 5 heteroatoms. The number of rotatable bonds is 4. The van der Waals surface area contributed by atoms with Crippen molar-refractivity contribution in [3.05, 3.63) is 22.7 Å². The highest BCUT2D eigenvalue weighted by atomic mass is 79.9. The highest BCUT2D eigenvalue weighted by molar-refractivity contribution is 9.10. The second-order valence-corrected chi connectivity index (χ2v) is 6.72. The summed E-state index contributed by atoms with van der Waals surface area (Å²) in [6.07, 6.45) is 1.24. The van der Waals surface area contributed by atoms with E-state index in [0.717, 1.165) is 0 Å². The highest BCUT2D eigenvalue weighted by Crippen LogP contribution is 2.29. The Hall–Kier alpha value is -0.550. The van der Waals surface area contributed by atoms with Crippen LogP contribution < -0.4 is 5.73 Å². The minimum atomic E-state index is -3.25. The Balaban J connectivity index is 3.27. The quantitative estimate of drug-likeness (QED) is 0.870. The first-order valence-electron chi connectivity index (χ1n) is 5.22. The SMILES string of the molecule is CCC(CC)S(=O)(=O)c1ccc(N)cc1Br. The summed E-state index contributed by atoms with van der Waals surface area (Å²) in [6.45, 7) is 3.77. The normalized spacial score (nSPS) is 12.0. The number of nitrogen functional groups attached to an aromatic ring is 1. The lowest BCUT2D eigenvalue weighted by Crippen LogP contribution is -2.20. The molecule has 0 radical (unpaired) electrons. The molecule has 0 amide bonds. The van der Waals surface area contributed by atoms with E-state index in [9.17, 15) is 8.42 Å². The van der Waals surface area contributed by atoms with Crippen molar-refractivity contribution in [1.29, 1.82) is 0 Å². The van der Waals surface area contributed by atoms with Gasteiger partial charge in [0, 0.05) is 10.2 Å². The van der Waals surface area contributed by atoms with Crippen LogP contribution in [0.15, 0.2) is 27.6 Å². The number of benzene rings is 1. The molecule has 0 unspecified atom stereocenters. The molecule has 0 aliphatic carbocycles. The third-order valence-corrected chi connectivity index (χ3v) is 6.04. The standard InChI is InChI=1S/C11H16BrNO2S/c1-3-9(4-2)16(14,15)11-6-5-8(13)7-10(11)12/h5-7,9H,3-4,13H2,1-2H3. The van der Waals surface area contributed by atoms with E-state index in [2.05, 4.69) is 15.9 Å². The lowest BCUT2D eigenvalue weighted by Gasteiger charge is -2.15. The fraction of sp³-hybridized carbons (Fsp3) is 0.455. The van der Waals surface area contributed by atoms with Gasteiger partial charge in [-0.05, 0) is 47.0 Å². The van der Waals surface area contributed by atoms with Gasteiger partial charge in [-0.2, -0.15) is 0 Å². The molecule has 16 heavy (non-hydrogen) atoms. The zero-order chi connectivity index (χ0) is 12.3. The van der Waals surface area contributed by atoms with Gasteiger partial charge in [0.25, 0.3) is 0 Å². The average Bonchev–Trinajstić information content (AvgIpc) is 2.18. The van der Waals surface area contributed by atoms with Gasteiger partial charge < -0.3 is 5.73 Å². The first-order valence-corrected chi connectivity index (χ1v) is 7.56. The Morgan fingerprint density at radius 2 is 1.88 bits per heavy atom. The Bertz CT molecular complexity index is 467. The maximum absolute atomic E-state index is 12.3. The summed E-state index contributed by atoms with van der Waals surface area (Å²) in [5.41, 5.74) is 6.14. The average molecular weight is 306 g/mol. The summed E-state index contributed by atoms with van der Waals surface area (Å²) in [6, 6.07) is 4.79. The summed E-state index contributed by atoms with van der Waals surface area (Å²) >= 11 is 3.25. The second kappa shape index (κ2) is 5.19. The number of hydrogen-bond acceptors (Lipinski definition) is 3. The van der Waals surface area contributed by atoms with Gasteiger partial charge in [0.15, 0.2) is 9.84 Å². The van der Waals surface area contributed by atoms with Crippen LogP contribution in [0, 0.1) is 0 Å². The molecule has 0 heterocycles. The van der Waals surface area contributed by atoms with E-state index in [0.29, 0.717) is 27.9 Å². The summed E-state index contributed by atoms with van der Waals surface area (Å²) in [4.78, 5) is 0.329. The number of sulfone groups is 1. The maximum atomic E-state index is 12.3. The van der Waals surface area contributed by atoms with Crippen LogP contribution in [-0.2, 0) is 9.84 Å².